The highest BCUT2D eigenvalue weighted by Gasteiger charge is 2.25. The van der Waals surface area contributed by atoms with Gasteiger partial charge in [0.15, 0.2) is 0 Å². The number of benzene rings is 1. The quantitative estimate of drug-likeness (QED) is 0.915. The smallest absolute Gasteiger partial charge is 0.256 e. The molecular formula is C14H17ClN6O. The summed E-state index contributed by atoms with van der Waals surface area (Å²) in [4.78, 5) is 14.7. The van der Waals surface area contributed by atoms with Crippen molar-refractivity contribution in [3.8, 4) is 5.69 Å². The lowest BCUT2D eigenvalue weighted by Crippen LogP contribution is -2.40. The number of hydrogen-bond acceptors (Lipinski definition) is 5. The summed E-state index contributed by atoms with van der Waals surface area (Å²) in [6.07, 6.45) is 3.33. The van der Waals surface area contributed by atoms with Crippen LogP contribution in [0.4, 0.5) is 0 Å². The van der Waals surface area contributed by atoms with Crippen LogP contribution >= 0.6 is 11.6 Å². The maximum Gasteiger partial charge on any atom is 0.256 e. The number of aromatic nitrogens is 4. The lowest BCUT2D eigenvalue weighted by atomic mass is 9.96. The van der Waals surface area contributed by atoms with Gasteiger partial charge < -0.3 is 10.6 Å². The Bertz CT molecular complexity index is 651. The predicted molar refractivity (Wildman–Crippen MR) is 81.8 cm³/mol. The lowest BCUT2D eigenvalue weighted by molar-refractivity contribution is 0.0693. The topological polar surface area (TPSA) is 89.9 Å². The van der Waals surface area contributed by atoms with Gasteiger partial charge in [0, 0.05) is 18.1 Å². The van der Waals surface area contributed by atoms with E-state index in [4.69, 9.17) is 17.3 Å². The monoisotopic (exact) mass is 320 g/mol. The summed E-state index contributed by atoms with van der Waals surface area (Å²) in [5.41, 5.74) is 6.83. The molecule has 2 N–H and O–H groups in total. The number of tetrazole rings is 1. The summed E-state index contributed by atoms with van der Waals surface area (Å²) in [6.45, 7) is 2.10. The van der Waals surface area contributed by atoms with Crippen LogP contribution in [0.5, 0.6) is 0 Å². The number of halogens is 1. The van der Waals surface area contributed by atoms with Crippen molar-refractivity contribution in [3.05, 3.63) is 35.1 Å². The number of nitrogens with two attached hydrogens (primary N) is 1. The predicted octanol–water partition coefficient (Wildman–Crippen LogP) is 1.13. The molecule has 2 aromatic rings. The first-order valence-electron chi connectivity index (χ1n) is 7.21. The van der Waals surface area contributed by atoms with Gasteiger partial charge in [-0.1, -0.05) is 11.6 Å². The van der Waals surface area contributed by atoms with Crippen molar-refractivity contribution < 1.29 is 4.79 Å². The van der Waals surface area contributed by atoms with E-state index in [-0.39, 0.29) is 5.91 Å². The van der Waals surface area contributed by atoms with Gasteiger partial charge in [-0.2, -0.15) is 4.68 Å². The summed E-state index contributed by atoms with van der Waals surface area (Å²) in [6, 6.07) is 5.13. The van der Waals surface area contributed by atoms with E-state index in [0.29, 0.717) is 41.8 Å². The fourth-order valence-electron chi connectivity index (χ4n) is 2.69. The second-order valence-electron chi connectivity index (χ2n) is 5.39. The van der Waals surface area contributed by atoms with Crippen LogP contribution in [0.25, 0.3) is 5.69 Å². The van der Waals surface area contributed by atoms with Gasteiger partial charge in [-0.3, -0.25) is 4.79 Å². The third kappa shape index (κ3) is 2.95. The zero-order valence-electron chi connectivity index (χ0n) is 12.0. The molecule has 2 heterocycles. The zero-order chi connectivity index (χ0) is 15.5. The normalized spacial score (nSPS) is 16.0. The number of carbonyl (C=O) groups is 1. The van der Waals surface area contributed by atoms with E-state index in [2.05, 4.69) is 15.5 Å². The van der Waals surface area contributed by atoms with Crippen LogP contribution in [-0.4, -0.2) is 50.6 Å². The molecule has 22 heavy (non-hydrogen) atoms. The van der Waals surface area contributed by atoms with Crippen LogP contribution < -0.4 is 5.73 Å². The molecular weight excluding hydrogens is 304 g/mol. The summed E-state index contributed by atoms with van der Waals surface area (Å²) in [7, 11) is 0. The molecule has 1 saturated heterocycles. The van der Waals surface area contributed by atoms with E-state index in [1.165, 1.54) is 11.0 Å². The van der Waals surface area contributed by atoms with Crippen molar-refractivity contribution in [2.45, 2.75) is 12.8 Å². The third-order valence-electron chi connectivity index (χ3n) is 4.02. The fraction of sp³-hybridized carbons (Fsp3) is 0.429. The molecule has 0 atom stereocenters. The number of carbonyl (C=O) groups excluding carboxylic acids is 1. The lowest BCUT2D eigenvalue weighted by Gasteiger charge is -2.31. The average Bonchev–Trinajstić information content (AvgIpc) is 3.08. The van der Waals surface area contributed by atoms with Gasteiger partial charge in [-0.25, -0.2) is 0 Å². The van der Waals surface area contributed by atoms with E-state index in [0.717, 1.165) is 12.8 Å². The Morgan fingerprint density at radius 2 is 2.14 bits per heavy atom. The molecule has 3 rings (SSSR count). The SMILES string of the molecule is NCC1CCN(C(=O)c2cc(Cl)ccc2-n2cnnn2)CC1. The van der Waals surface area contributed by atoms with Crippen molar-refractivity contribution in [2.75, 3.05) is 19.6 Å². The summed E-state index contributed by atoms with van der Waals surface area (Å²) >= 11 is 6.06. The van der Waals surface area contributed by atoms with Gasteiger partial charge in [-0.15, -0.1) is 5.10 Å². The van der Waals surface area contributed by atoms with E-state index in [1.807, 2.05) is 4.90 Å². The molecule has 1 aliphatic heterocycles. The number of rotatable bonds is 3. The van der Waals surface area contributed by atoms with Crippen LogP contribution in [0.2, 0.25) is 5.02 Å². The highest BCUT2D eigenvalue weighted by Crippen LogP contribution is 2.23. The zero-order valence-corrected chi connectivity index (χ0v) is 12.8. The van der Waals surface area contributed by atoms with Crippen LogP contribution in [0.1, 0.15) is 23.2 Å². The standard InChI is InChI=1S/C14H17ClN6O/c15-11-1-2-13(21-9-17-18-19-21)12(7-11)14(22)20-5-3-10(8-16)4-6-20/h1-2,7,9-10H,3-6,8,16H2. The summed E-state index contributed by atoms with van der Waals surface area (Å²) in [5.74, 6) is 0.450. The number of likely N-dealkylation sites (tertiary alicyclic amines) is 1. The van der Waals surface area contributed by atoms with Gasteiger partial charge in [0.05, 0.1) is 11.3 Å². The van der Waals surface area contributed by atoms with Crippen LogP contribution in [0.15, 0.2) is 24.5 Å². The Morgan fingerprint density at radius 1 is 1.36 bits per heavy atom. The first-order valence-corrected chi connectivity index (χ1v) is 7.59. The molecule has 1 aliphatic rings. The third-order valence-corrected chi connectivity index (χ3v) is 4.26. The molecule has 0 aliphatic carbocycles. The second kappa shape index (κ2) is 6.41. The van der Waals surface area contributed by atoms with Crippen molar-refractivity contribution in [3.63, 3.8) is 0 Å². The number of nitrogens with zero attached hydrogens (tertiary/aromatic N) is 5. The summed E-state index contributed by atoms with van der Waals surface area (Å²) < 4.78 is 1.47. The molecule has 0 spiro atoms. The largest absolute Gasteiger partial charge is 0.339 e. The molecule has 0 unspecified atom stereocenters. The molecule has 116 valence electrons. The van der Waals surface area contributed by atoms with E-state index in [1.54, 1.807) is 18.2 Å². The van der Waals surface area contributed by atoms with Gasteiger partial charge in [0.25, 0.3) is 5.91 Å². The molecule has 0 radical (unpaired) electrons. The van der Waals surface area contributed by atoms with Crippen LogP contribution in [0, 0.1) is 5.92 Å². The molecule has 0 bridgehead atoms. The molecule has 1 fully saturated rings. The van der Waals surface area contributed by atoms with Gasteiger partial charge >= 0.3 is 0 Å². The first-order chi connectivity index (χ1) is 10.7. The summed E-state index contributed by atoms with van der Waals surface area (Å²) in [5, 5.41) is 11.6. The molecule has 0 saturated carbocycles. The Labute approximate surface area is 133 Å². The minimum atomic E-state index is -0.0523. The maximum absolute atomic E-state index is 12.8. The molecule has 1 aromatic carbocycles. The molecule has 7 nitrogen and oxygen atoms in total. The Balaban J connectivity index is 1.88. The average molecular weight is 321 g/mol. The number of piperidine rings is 1. The minimum absolute atomic E-state index is 0.0523. The Morgan fingerprint density at radius 3 is 2.77 bits per heavy atom. The van der Waals surface area contributed by atoms with E-state index in [9.17, 15) is 4.79 Å². The number of amides is 1. The molecule has 8 heteroatoms. The van der Waals surface area contributed by atoms with Gasteiger partial charge in [0.1, 0.15) is 6.33 Å². The van der Waals surface area contributed by atoms with Crippen LogP contribution in [-0.2, 0) is 0 Å². The Kier molecular flexibility index (Phi) is 4.35. The molecule has 1 amide bonds. The van der Waals surface area contributed by atoms with Crippen molar-refractivity contribution in [2.24, 2.45) is 11.7 Å². The highest BCUT2D eigenvalue weighted by molar-refractivity contribution is 6.31. The van der Waals surface area contributed by atoms with Crippen molar-refractivity contribution in [1.82, 2.24) is 25.1 Å². The molecule has 1 aromatic heterocycles. The Hall–Kier alpha value is -1.99. The van der Waals surface area contributed by atoms with Crippen LogP contribution in [0.3, 0.4) is 0 Å². The van der Waals surface area contributed by atoms with Crippen molar-refractivity contribution in [1.29, 1.82) is 0 Å². The highest BCUT2D eigenvalue weighted by atomic mass is 35.5. The van der Waals surface area contributed by atoms with Crippen molar-refractivity contribution >= 4 is 17.5 Å². The van der Waals surface area contributed by atoms with Gasteiger partial charge in [-0.05, 0) is 53.9 Å². The maximum atomic E-state index is 12.8. The van der Waals surface area contributed by atoms with E-state index < -0.39 is 0 Å². The second-order valence-corrected chi connectivity index (χ2v) is 5.82. The first kappa shape index (κ1) is 14.9. The number of hydrogen-bond donors (Lipinski definition) is 1. The fourth-order valence-corrected chi connectivity index (χ4v) is 2.87. The van der Waals surface area contributed by atoms with Gasteiger partial charge in [0.2, 0.25) is 0 Å². The van der Waals surface area contributed by atoms with E-state index >= 15 is 0 Å². The minimum Gasteiger partial charge on any atom is -0.339 e.